The maximum Gasteiger partial charge on any atom is 0.270 e. The number of hydrogen-bond acceptors (Lipinski definition) is 1. The summed E-state index contributed by atoms with van der Waals surface area (Å²) in [5.74, 6) is 0.157. The molecule has 1 fully saturated rings. The number of nitrogens with zero attached hydrogens (tertiary/aromatic N) is 2. The number of carbonyl (C=O) groups is 1. The summed E-state index contributed by atoms with van der Waals surface area (Å²) >= 11 is 3.48. The van der Waals surface area contributed by atoms with Crippen LogP contribution in [0.25, 0.3) is 0 Å². The third kappa shape index (κ3) is 2.79. The van der Waals surface area contributed by atoms with E-state index < -0.39 is 0 Å². The molecule has 0 N–H and O–H groups in total. The van der Waals surface area contributed by atoms with Gasteiger partial charge in [-0.25, -0.2) is 0 Å². The number of amides is 1. The molecule has 1 aliphatic carbocycles. The Hall–Kier alpha value is -0.770. The Kier molecular flexibility index (Phi) is 4.15. The van der Waals surface area contributed by atoms with Gasteiger partial charge >= 0.3 is 0 Å². The first-order valence-corrected chi connectivity index (χ1v) is 7.52. The van der Waals surface area contributed by atoms with Gasteiger partial charge in [-0.1, -0.05) is 6.92 Å². The van der Waals surface area contributed by atoms with Gasteiger partial charge < -0.3 is 9.47 Å². The quantitative estimate of drug-likeness (QED) is 0.810. The highest BCUT2D eigenvalue weighted by atomic mass is 79.9. The predicted molar refractivity (Wildman–Crippen MR) is 76.9 cm³/mol. The lowest BCUT2D eigenvalue weighted by atomic mass is 10.2. The highest BCUT2D eigenvalue weighted by Gasteiger charge is 2.29. The number of rotatable bonds is 5. The maximum atomic E-state index is 12.6. The van der Waals surface area contributed by atoms with Crippen molar-refractivity contribution in [3.63, 3.8) is 0 Å². The van der Waals surface area contributed by atoms with Crippen molar-refractivity contribution in [2.45, 2.75) is 52.1 Å². The highest BCUT2D eigenvalue weighted by molar-refractivity contribution is 9.10. The first-order chi connectivity index (χ1) is 8.54. The number of carbonyl (C=O) groups excluding carboxylic acids is 1. The summed E-state index contributed by atoms with van der Waals surface area (Å²) in [4.78, 5) is 14.6. The van der Waals surface area contributed by atoms with Gasteiger partial charge in [-0.15, -0.1) is 0 Å². The lowest BCUT2D eigenvalue weighted by molar-refractivity contribution is 0.0694. The monoisotopic (exact) mass is 312 g/mol. The standard InChI is InChI=1S/C14H21BrN2O/c1-4-7-16(10(2)3)14(18)13-8-11(15)9-17(13)12-5-6-12/h8-10,12H,4-7H2,1-3H3. The Morgan fingerprint density at radius 3 is 2.72 bits per heavy atom. The van der Waals surface area contributed by atoms with Crippen LogP contribution in [0.2, 0.25) is 0 Å². The molecule has 0 saturated heterocycles. The Labute approximate surface area is 117 Å². The van der Waals surface area contributed by atoms with E-state index in [-0.39, 0.29) is 11.9 Å². The molecule has 0 bridgehead atoms. The zero-order chi connectivity index (χ0) is 13.3. The van der Waals surface area contributed by atoms with Crippen molar-refractivity contribution in [1.82, 2.24) is 9.47 Å². The molecule has 2 rings (SSSR count). The molecule has 1 amide bonds. The predicted octanol–water partition coefficient (Wildman–Crippen LogP) is 3.85. The minimum absolute atomic E-state index is 0.157. The number of hydrogen-bond donors (Lipinski definition) is 0. The van der Waals surface area contributed by atoms with Crippen LogP contribution in [0.5, 0.6) is 0 Å². The third-order valence-electron chi connectivity index (χ3n) is 3.32. The lowest BCUT2D eigenvalue weighted by Gasteiger charge is -2.26. The smallest absolute Gasteiger partial charge is 0.270 e. The number of aromatic nitrogens is 1. The molecule has 0 atom stereocenters. The second-order valence-corrected chi connectivity index (χ2v) is 6.19. The van der Waals surface area contributed by atoms with E-state index >= 15 is 0 Å². The van der Waals surface area contributed by atoms with E-state index in [0.29, 0.717) is 6.04 Å². The summed E-state index contributed by atoms with van der Waals surface area (Å²) in [6.07, 6.45) is 5.41. The second kappa shape index (κ2) is 5.47. The molecular formula is C14H21BrN2O. The minimum Gasteiger partial charge on any atom is -0.339 e. The zero-order valence-corrected chi connectivity index (χ0v) is 12.9. The average Bonchev–Trinajstić information content (AvgIpc) is 3.08. The third-order valence-corrected chi connectivity index (χ3v) is 3.76. The van der Waals surface area contributed by atoms with Crippen molar-refractivity contribution in [2.24, 2.45) is 0 Å². The van der Waals surface area contributed by atoms with E-state index in [4.69, 9.17) is 0 Å². The first kappa shape index (κ1) is 13.7. The van der Waals surface area contributed by atoms with Gasteiger partial charge in [-0.2, -0.15) is 0 Å². The van der Waals surface area contributed by atoms with Gasteiger partial charge in [0.2, 0.25) is 0 Å². The van der Waals surface area contributed by atoms with Crippen LogP contribution in [-0.4, -0.2) is 28.0 Å². The van der Waals surface area contributed by atoms with Gasteiger partial charge in [0.25, 0.3) is 5.91 Å². The molecule has 0 aromatic carbocycles. The van der Waals surface area contributed by atoms with Crippen molar-refractivity contribution >= 4 is 21.8 Å². The van der Waals surface area contributed by atoms with E-state index in [1.54, 1.807) is 0 Å². The number of halogens is 1. The molecule has 0 aliphatic heterocycles. The van der Waals surface area contributed by atoms with Crippen LogP contribution < -0.4 is 0 Å². The largest absolute Gasteiger partial charge is 0.339 e. The van der Waals surface area contributed by atoms with Crippen molar-refractivity contribution in [1.29, 1.82) is 0 Å². The molecule has 4 heteroatoms. The molecule has 1 heterocycles. The van der Waals surface area contributed by atoms with Crippen molar-refractivity contribution in [3.8, 4) is 0 Å². The van der Waals surface area contributed by atoms with Gasteiger partial charge in [0.15, 0.2) is 0 Å². The van der Waals surface area contributed by atoms with Crippen LogP contribution in [0, 0.1) is 0 Å². The molecule has 0 spiro atoms. The Bertz CT molecular complexity index is 435. The Morgan fingerprint density at radius 2 is 2.22 bits per heavy atom. The highest BCUT2D eigenvalue weighted by Crippen LogP contribution is 2.37. The summed E-state index contributed by atoms with van der Waals surface area (Å²) in [7, 11) is 0. The van der Waals surface area contributed by atoms with E-state index in [1.807, 2.05) is 17.2 Å². The van der Waals surface area contributed by atoms with E-state index in [9.17, 15) is 4.79 Å². The molecule has 0 radical (unpaired) electrons. The molecule has 3 nitrogen and oxygen atoms in total. The molecule has 1 aromatic rings. The van der Waals surface area contributed by atoms with Gasteiger partial charge in [-0.3, -0.25) is 4.79 Å². The molecule has 1 aliphatic rings. The van der Waals surface area contributed by atoms with Gasteiger partial charge in [0, 0.05) is 29.3 Å². The second-order valence-electron chi connectivity index (χ2n) is 5.27. The van der Waals surface area contributed by atoms with Crippen LogP contribution in [0.3, 0.4) is 0 Å². The van der Waals surface area contributed by atoms with E-state index in [0.717, 1.165) is 23.1 Å². The van der Waals surface area contributed by atoms with Crippen molar-refractivity contribution < 1.29 is 4.79 Å². The molecular weight excluding hydrogens is 292 g/mol. The van der Waals surface area contributed by atoms with Crippen molar-refractivity contribution in [3.05, 3.63) is 22.4 Å². The molecule has 0 unspecified atom stereocenters. The Balaban J connectivity index is 2.26. The molecule has 1 aromatic heterocycles. The van der Waals surface area contributed by atoms with Gasteiger partial charge in [0.05, 0.1) is 0 Å². The fraction of sp³-hybridized carbons (Fsp3) is 0.643. The van der Waals surface area contributed by atoms with Crippen LogP contribution >= 0.6 is 15.9 Å². The minimum atomic E-state index is 0.157. The molecule has 18 heavy (non-hydrogen) atoms. The normalized spacial score (nSPS) is 15.2. The summed E-state index contributed by atoms with van der Waals surface area (Å²) in [6, 6.07) is 2.73. The fourth-order valence-electron chi connectivity index (χ4n) is 2.25. The average molecular weight is 313 g/mol. The lowest BCUT2D eigenvalue weighted by Crippen LogP contribution is -2.38. The fourth-order valence-corrected chi connectivity index (χ4v) is 2.69. The Morgan fingerprint density at radius 1 is 1.56 bits per heavy atom. The van der Waals surface area contributed by atoms with Crippen LogP contribution in [0.4, 0.5) is 0 Å². The van der Waals surface area contributed by atoms with Crippen LogP contribution in [-0.2, 0) is 0 Å². The summed E-state index contributed by atoms with van der Waals surface area (Å²) < 4.78 is 3.13. The summed E-state index contributed by atoms with van der Waals surface area (Å²) in [5.41, 5.74) is 0.825. The molecule has 100 valence electrons. The van der Waals surface area contributed by atoms with E-state index in [2.05, 4.69) is 41.3 Å². The molecule has 1 saturated carbocycles. The maximum absolute atomic E-state index is 12.6. The van der Waals surface area contributed by atoms with Crippen molar-refractivity contribution in [2.75, 3.05) is 6.54 Å². The summed E-state index contributed by atoms with van der Waals surface area (Å²) in [5, 5.41) is 0. The first-order valence-electron chi connectivity index (χ1n) is 6.73. The topological polar surface area (TPSA) is 25.2 Å². The van der Waals surface area contributed by atoms with E-state index in [1.165, 1.54) is 12.8 Å². The van der Waals surface area contributed by atoms with Crippen LogP contribution in [0.1, 0.15) is 56.6 Å². The van der Waals surface area contributed by atoms with Gasteiger partial charge in [0.1, 0.15) is 5.69 Å². The van der Waals surface area contributed by atoms with Gasteiger partial charge in [-0.05, 0) is 55.1 Å². The SMILES string of the molecule is CCCN(C(=O)c1cc(Br)cn1C1CC1)C(C)C. The zero-order valence-electron chi connectivity index (χ0n) is 11.3. The van der Waals surface area contributed by atoms with Crippen LogP contribution in [0.15, 0.2) is 16.7 Å². The summed E-state index contributed by atoms with van der Waals surface area (Å²) in [6.45, 7) is 7.09.